The lowest BCUT2D eigenvalue weighted by atomic mass is 9.98. The van der Waals surface area contributed by atoms with Crippen LogP contribution in [0.25, 0.3) is 11.1 Å². The highest BCUT2D eigenvalue weighted by atomic mass is 16.5. The van der Waals surface area contributed by atoms with Crippen LogP contribution >= 0.6 is 0 Å². The van der Waals surface area contributed by atoms with Gasteiger partial charge in [-0.25, -0.2) is 9.59 Å². The Bertz CT molecular complexity index is 1070. The number of hydrogen-bond donors (Lipinski definition) is 3. The number of ether oxygens (including phenoxy) is 2. The van der Waals surface area contributed by atoms with Gasteiger partial charge in [-0.05, 0) is 41.0 Å². The molecule has 184 valence electrons. The Morgan fingerprint density at radius 1 is 1.00 bits per heavy atom. The smallest absolute Gasteiger partial charge is 0.407 e. The lowest BCUT2D eigenvalue weighted by Gasteiger charge is -2.21. The zero-order chi connectivity index (χ0) is 24.4. The fraction of sp³-hybridized carbons (Fsp3) is 0.444. The number of nitrogens with one attached hydrogen (secondary N) is 2. The second kappa shape index (κ2) is 10.1. The minimum atomic E-state index is -1.02. The van der Waals surface area contributed by atoms with Gasteiger partial charge in [-0.15, -0.1) is 0 Å². The predicted octanol–water partition coefficient (Wildman–Crippen LogP) is 3.30. The lowest BCUT2D eigenvalue weighted by molar-refractivity contribution is -0.149. The zero-order valence-electron chi connectivity index (χ0n) is 19.4. The molecular formula is C27H30N2O6. The van der Waals surface area contributed by atoms with Gasteiger partial charge in [0.1, 0.15) is 12.6 Å². The maximum absolute atomic E-state index is 12.9. The van der Waals surface area contributed by atoms with E-state index in [-0.39, 0.29) is 30.9 Å². The van der Waals surface area contributed by atoms with Gasteiger partial charge in [-0.1, -0.05) is 61.4 Å². The molecule has 3 atom stereocenters. The number of amides is 2. The third-order valence-corrected chi connectivity index (χ3v) is 7.21. The molecule has 1 heterocycles. The molecule has 2 aliphatic carbocycles. The van der Waals surface area contributed by atoms with E-state index in [0.717, 1.165) is 35.1 Å². The Kier molecular flexibility index (Phi) is 6.72. The maximum Gasteiger partial charge on any atom is 0.407 e. The number of carboxylic acids is 1. The highest BCUT2D eigenvalue weighted by Crippen LogP contribution is 2.44. The predicted molar refractivity (Wildman–Crippen MR) is 128 cm³/mol. The van der Waals surface area contributed by atoms with Crippen molar-refractivity contribution in [1.29, 1.82) is 0 Å². The highest BCUT2D eigenvalue weighted by Gasteiger charge is 2.36. The van der Waals surface area contributed by atoms with Crippen LogP contribution in [0.4, 0.5) is 4.79 Å². The summed E-state index contributed by atoms with van der Waals surface area (Å²) in [4.78, 5) is 36.9. The number of hydrogen-bond acceptors (Lipinski definition) is 5. The molecular weight excluding hydrogens is 448 g/mol. The molecule has 1 saturated carbocycles. The second-order valence-electron chi connectivity index (χ2n) is 9.63. The van der Waals surface area contributed by atoms with Gasteiger partial charge in [0.2, 0.25) is 5.91 Å². The minimum absolute atomic E-state index is 0.0563. The van der Waals surface area contributed by atoms with Crippen molar-refractivity contribution in [3.05, 3.63) is 59.7 Å². The van der Waals surface area contributed by atoms with Crippen LogP contribution < -0.4 is 10.6 Å². The second-order valence-corrected chi connectivity index (χ2v) is 9.63. The Morgan fingerprint density at radius 2 is 1.66 bits per heavy atom. The van der Waals surface area contributed by atoms with Crippen molar-refractivity contribution in [3.8, 4) is 11.1 Å². The lowest BCUT2D eigenvalue weighted by Crippen LogP contribution is -2.49. The van der Waals surface area contributed by atoms with E-state index in [2.05, 4.69) is 34.9 Å². The molecule has 2 fully saturated rings. The SMILES string of the molecule is O=C(NC(CC1CC1)C(=O)NCC1CCOC1C(=O)O)OCC1c2ccccc2-c2ccccc21. The first kappa shape index (κ1) is 23.4. The number of alkyl carbamates (subject to hydrolysis) is 1. The zero-order valence-corrected chi connectivity index (χ0v) is 19.4. The third kappa shape index (κ3) is 5.17. The molecule has 8 heteroatoms. The fourth-order valence-electron chi connectivity index (χ4n) is 5.17. The van der Waals surface area contributed by atoms with Gasteiger partial charge in [0.15, 0.2) is 6.10 Å². The molecule has 3 N–H and O–H groups in total. The van der Waals surface area contributed by atoms with E-state index in [1.807, 2.05) is 24.3 Å². The molecule has 3 aliphatic rings. The quantitative estimate of drug-likeness (QED) is 0.510. The molecule has 2 aromatic carbocycles. The van der Waals surface area contributed by atoms with Crippen LogP contribution in [0.5, 0.6) is 0 Å². The molecule has 2 amide bonds. The van der Waals surface area contributed by atoms with E-state index >= 15 is 0 Å². The first-order valence-electron chi connectivity index (χ1n) is 12.2. The van der Waals surface area contributed by atoms with Crippen LogP contribution in [0.15, 0.2) is 48.5 Å². The molecule has 5 rings (SSSR count). The minimum Gasteiger partial charge on any atom is -0.479 e. The summed E-state index contributed by atoms with van der Waals surface area (Å²) in [6.07, 6.45) is 1.65. The van der Waals surface area contributed by atoms with Crippen LogP contribution in [0.1, 0.15) is 42.7 Å². The molecule has 3 unspecified atom stereocenters. The van der Waals surface area contributed by atoms with E-state index < -0.39 is 24.2 Å². The largest absolute Gasteiger partial charge is 0.479 e. The van der Waals surface area contributed by atoms with E-state index in [4.69, 9.17) is 9.47 Å². The van der Waals surface area contributed by atoms with E-state index in [1.165, 1.54) is 0 Å². The molecule has 1 saturated heterocycles. The van der Waals surface area contributed by atoms with Crippen LogP contribution in [-0.4, -0.2) is 55.0 Å². The summed E-state index contributed by atoms with van der Waals surface area (Å²) in [5.74, 6) is -1.28. The van der Waals surface area contributed by atoms with Crippen molar-refractivity contribution in [3.63, 3.8) is 0 Å². The number of benzene rings is 2. The average Bonchev–Trinajstić information content (AvgIpc) is 3.45. The summed E-state index contributed by atoms with van der Waals surface area (Å²) in [6.45, 7) is 0.738. The summed E-state index contributed by atoms with van der Waals surface area (Å²) < 4.78 is 10.9. The average molecular weight is 479 g/mol. The van der Waals surface area contributed by atoms with Gasteiger partial charge in [0, 0.05) is 25.0 Å². The topological polar surface area (TPSA) is 114 Å². The van der Waals surface area contributed by atoms with Gasteiger partial charge in [-0.3, -0.25) is 4.79 Å². The number of carboxylic acid groups (broad SMARTS) is 1. The first-order valence-corrected chi connectivity index (χ1v) is 12.2. The third-order valence-electron chi connectivity index (χ3n) is 7.21. The van der Waals surface area contributed by atoms with Gasteiger partial charge in [0.25, 0.3) is 0 Å². The Morgan fingerprint density at radius 3 is 2.29 bits per heavy atom. The summed E-state index contributed by atoms with van der Waals surface area (Å²) >= 11 is 0. The van der Waals surface area contributed by atoms with Gasteiger partial charge in [0.05, 0.1) is 0 Å². The van der Waals surface area contributed by atoms with Crippen molar-refractivity contribution in [2.45, 2.75) is 43.7 Å². The van der Waals surface area contributed by atoms with E-state index in [1.54, 1.807) is 0 Å². The summed E-state index contributed by atoms with van der Waals surface area (Å²) in [7, 11) is 0. The van der Waals surface area contributed by atoms with Gasteiger partial charge >= 0.3 is 12.1 Å². The summed E-state index contributed by atoms with van der Waals surface area (Å²) in [6, 6.07) is 15.5. The summed E-state index contributed by atoms with van der Waals surface area (Å²) in [5.41, 5.74) is 4.55. The van der Waals surface area contributed by atoms with Crippen molar-refractivity contribution >= 4 is 18.0 Å². The Labute approximate surface area is 204 Å². The maximum atomic E-state index is 12.9. The van der Waals surface area contributed by atoms with Crippen LogP contribution in [0.3, 0.4) is 0 Å². The molecule has 1 aliphatic heterocycles. The van der Waals surface area contributed by atoms with Gasteiger partial charge < -0.3 is 25.2 Å². The molecule has 0 aromatic heterocycles. The normalized spacial score (nSPS) is 21.6. The fourth-order valence-corrected chi connectivity index (χ4v) is 5.17. The van der Waals surface area contributed by atoms with Crippen molar-refractivity contribution in [2.75, 3.05) is 19.8 Å². The first-order chi connectivity index (χ1) is 17.0. The number of rotatable bonds is 9. The van der Waals surface area contributed by atoms with E-state index in [9.17, 15) is 19.5 Å². The molecule has 35 heavy (non-hydrogen) atoms. The van der Waals surface area contributed by atoms with Crippen LogP contribution in [0, 0.1) is 11.8 Å². The van der Waals surface area contributed by atoms with E-state index in [0.29, 0.717) is 25.4 Å². The van der Waals surface area contributed by atoms with Crippen LogP contribution in [0.2, 0.25) is 0 Å². The molecule has 0 bridgehead atoms. The molecule has 0 spiro atoms. The number of carbonyl (C=O) groups is 3. The Balaban J connectivity index is 1.19. The monoisotopic (exact) mass is 478 g/mol. The Hall–Kier alpha value is -3.39. The van der Waals surface area contributed by atoms with Gasteiger partial charge in [-0.2, -0.15) is 0 Å². The highest BCUT2D eigenvalue weighted by molar-refractivity contribution is 5.86. The molecule has 2 aromatic rings. The van der Waals surface area contributed by atoms with Crippen molar-refractivity contribution in [2.24, 2.45) is 11.8 Å². The number of aliphatic carboxylic acids is 1. The molecule has 0 radical (unpaired) electrons. The molecule has 8 nitrogen and oxygen atoms in total. The number of carbonyl (C=O) groups excluding carboxylic acids is 2. The summed E-state index contributed by atoms with van der Waals surface area (Å²) in [5, 5.41) is 14.8. The number of fused-ring (bicyclic) bond motifs is 3. The standard InChI is InChI=1S/C27H30N2O6/c30-25(28-14-17-11-12-34-24(17)26(31)32)23(13-16-9-10-16)29-27(33)35-15-22-20-7-3-1-5-18(20)19-6-2-4-8-21(19)22/h1-8,16-17,22-24H,9-15H2,(H,28,30)(H,29,33)(H,31,32). The van der Waals surface area contributed by atoms with Crippen LogP contribution in [-0.2, 0) is 19.1 Å². The van der Waals surface area contributed by atoms with Crippen molar-refractivity contribution in [1.82, 2.24) is 10.6 Å². The van der Waals surface area contributed by atoms with Crippen molar-refractivity contribution < 1.29 is 29.0 Å².